The Kier molecular flexibility index (Phi) is 10.8. The van der Waals surface area contributed by atoms with Gasteiger partial charge >= 0.3 is 5.97 Å². The van der Waals surface area contributed by atoms with Crippen LogP contribution in [-0.2, 0) is 4.79 Å². The van der Waals surface area contributed by atoms with E-state index >= 15 is 0 Å². The molecule has 0 spiro atoms. The molecule has 0 aromatic carbocycles. The molecule has 1 aliphatic rings. The van der Waals surface area contributed by atoms with Gasteiger partial charge in [-0.2, -0.15) is 11.8 Å². The van der Waals surface area contributed by atoms with Crippen molar-refractivity contribution in [3.8, 4) is 0 Å². The molecule has 0 saturated carbocycles. The minimum Gasteiger partial charge on any atom is -0.481 e. The molecule has 3 heteroatoms. The molecule has 122 valence electrons. The van der Waals surface area contributed by atoms with E-state index in [9.17, 15) is 4.79 Å². The molecule has 2 nitrogen and oxygen atoms in total. The van der Waals surface area contributed by atoms with Crippen molar-refractivity contribution in [2.24, 2.45) is 0 Å². The lowest BCUT2D eigenvalue weighted by molar-refractivity contribution is -0.137. The molecular formula is C18H32O2S. The molecule has 0 aromatic heterocycles. The van der Waals surface area contributed by atoms with E-state index in [2.05, 4.69) is 30.8 Å². The predicted octanol–water partition coefficient (Wildman–Crippen LogP) is 5.81. The molecule has 1 aliphatic heterocycles. The average molecular weight is 313 g/mol. The third kappa shape index (κ3) is 10.9. The summed E-state index contributed by atoms with van der Waals surface area (Å²) in [5.74, 6) is -0.657. The number of carbonyl (C=O) groups is 1. The van der Waals surface area contributed by atoms with E-state index in [-0.39, 0.29) is 0 Å². The summed E-state index contributed by atoms with van der Waals surface area (Å²) in [6, 6.07) is 0. The van der Waals surface area contributed by atoms with E-state index < -0.39 is 5.97 Å². The van der Waals surface area contributed by atoms with Crippen molar-refractivity contribution in [3.05, 3.63) is 12.2 Å². The van der Waals surface area contributed by atoms with E-state index in [4.69, 9.17) is 5.11 Å². The third-order valence-electron chi connectivity index (χ3n) is 4.08. The van der Waals surface area contributed by atoms with E-state index in [1.165, 1.54) is 57.8 Å². The van der Waals surface area contributed by atoms with E-state index in [1.54, 1.807) is 0 Å². The highest BCUT2D eigenvalue weighted by atomic mass is 32.2. The summed E-state index contributed by atoms with van der Waals surface area (Å²) in [4.78, 5) is 10.4. The Morgan fingerprint density at radius 1 is 1.00 bits per heavy atom. The molecular weight excluding hydrogens is 280 g/mol. The van der Waals surface area contributed by atoms with Gasteiger partial charge in [0.25, 0.3) is 0 Å². The number of unbranched alkanes of at least 4 members (excludes halogenated alkanes) is 7. The fourth-order valence-electron chi connectivity index (χ4n) is 2.65. The molecule has 21 heavy (non-hydrogen) atoms. The molecule has 1 fully saturated rings. The molecule has 0 radical (unpaired) electrons. The van der Waals surface area contributed by atoms with Crippen LogP contribution in [0.4, 0.5) is 0 Å². The summed E-state index contributed by atoms with van der Waals surface area (Å²) in [7, 11) is 0. The zero-order valence-corrected chi connectivity index (χ0v) is 14.4. The Balaban J connectivity index is 1.83. The van der Waals surface area contributed by atoms with Crippen molar-refractivity contribution in [2.45, 2.75) is 94.5 Å². The predicted molar refractivity (Wildman–Crippen MR) is 93.0 cm³/mol. The number of aliphatic carboxylic acids is 1. The van der Waals surface area contributed by atoms with Gasteiger partial charge in [-0.1, -0.05) is 57.6 Å². The molecule has 0 bridgehead atoms. The smallest absolute Gasteiger partial charge is 0.303 e. The van der Waals surface area contributed by atoms with E-state index in [1.807, 2.05) is 0 Å². The van der Waals surface area contributed by atoms with Gasteiger partial charge in [-0.25, -0.2) is 0 Å². The minimum atomic E-state index is -0.657. The second-order valence-electron chi connectivity index (χ2n) is 6.12. The maximum absolute atomic E-state index is 10.4. The first kappa shape index (κ1) is 18.6. The van der Waals surface area contributed by atoms with Crippen molar-refractivity contribution in [3.63, 3.8) is 0 Å². The van der Waals surface area contributed by atoms with Crippen molar-refractivity contribution in [2.75, 3.05) is 0 Å². The van der Waals surface area contributed by atoms with Crippen molar-refractivity contribution in [1.82, 2.24) is 0 Å². The van der Waals surface area contributed by atoms with Crippen LogP contribution in [0.15, 0.2) is 12.2 Å². The number of hydrogen-bond acceptors (Lipinski definition) is 2. The van der Waals surface area contributed by atoms with Crippen molar-refractivity contribution in [1.29, 1.82) is 0 Å². The van der Waals surface area contributed by atoms with Gasteiger partial charge in [0.2, 0.25) is 0 Å². The van der Waals surface area contributed by atoms with Gasteiger partial charge < -0.3 is 5.11 Å². The quantitative estimate of drug-likeness (QED) is 0.250. The van der Waals surface area contributed by atoms with Gasteiger partial charge in [0, 0.05) is 16.9 Å². The summed E-state index contributed by atoms with van der Waals surface area (Å²) < 4.78 is 0. The summed E-state index contributed by atoms with van der Waals surface area (Å²) in [6.45, 7) is 2.25. The first-order chi connectivity index (χ1) is 10.2. The van der Waals surface area contributed by atoms with Crippen LogP contribution in [-0.4, -0.2) is 21.6 Å². The molecule has 1 saturated heterocycles. The lowest BCUT2D eigenvalue weighted by Gasteiger charge is -1.99. The first-order valence-electron chi connectivity index (χ1n) is 8.76. The molecule has 0 amide bonds. The lowest BCUT2D eigenvalue weighted by Crippen LogP contribution is -1.94. The van der Waals surface area contributed by atoms with Gasteiger partial charge in [-0.05, 0) is 32.1 Å². The van der Waals surface area contributed by atoms with Gasteiger partial charge in [0.15, 0.2) is 0 Å². The topological polar surface area (TPSA) is 37.3 Å². The average Bonchev–Trinajstić information content (AvgIpc) is 3.20. The van der Waals surface area contributed by atoms with Crippen LogP contribution in [0.25, 0.3) is 0 Å². The van der Waals surface area contributed by atoms with Crippen LogP contribution in [0.3, 0.4) is 0 Å². The maximum Gasteiger partial charge on any atom is 0.303 e. The SMILES string of the molecule is CCCCC/C=C\CC1SC1CCCCCCCC(=O)O. The molecule has 1 rings (SSSR count). The summed E-state index contributed by atoms with van der Waals surface area (Å²) in [6.07, 6.45) is 18.7. The zero-order chi connectivity index (χ0) is 15.3. The molecule has 2 unspecified atom stereocenters. The highest BCUT2D eigenvalue weighted by Gasteiger charge is 2.35. The number of hydrogen-bond donors (Lipinski definition) is 1. The number of allylic oxidation sites excluding steroid dienone is 2. The Morgan fingerprint density at radius 2 is 1.76 bits per heavy atom. The largest absolute Gasteiger partial charge is 0.481 e. The molecule has 1 heterocycles. The Labute approximate surface area is 134 Å². The normalized spacial score (nSPS) is 21.0. The lowest BCUT2D eigenvalue weighted by atomic mass is 10.1. The van der Waals surface area contributed by atoms with Crippen LogP contribution in [0.5, 0.6) is 0 Å². The van der Waals surface area contributed by atoms with Crippen LogP contribution in [0.2, 0.25) is 0 Å². The highest BCUT2D eigenvalue weighted by Crippen LogP contribution is 2.46. The Hall–Kier alpha value is -0.440. The fourth-order valence-corrected chi connectivity index (χ4v) is 3.78. The minimum absolute atomic E-state index is 0.338. The standard InChI is InChI=1S/C18H32O2S/c1-2-3-4-5-7-10-13-16-17(21-16)14-11-8-6-9-12-15-18(19)20/h7,10,16-17H,2-6,8-9,11-15H2,1H3,(H,19,20)/b10-7-. The molecule has 1 N–H and O–H groups in total. The second-order valence-corrected chi connectivity index (χ2v) is 7.60. The zero-order valence-electron chi connectivity index (χ0n) is 13.6. The highest BCUT2D eigenvalue weighted by molar-refractivity contribution is 8.07. The Morgan fingerprint density at radius 3 is 2.52 bits per heavy atom. The van der Waals surface area contributed by atoms with Gasteiger partial charge in [0.1, 0.15) is 0 Å². The maximum atomic E-state index is 10.4. The Bertz CT molecular complexity index is 302. The summed E-state index contributed by atoms with van der Waals surface area (Å²) in [5.41, 5.74) is 0. The van der Waals surface area contributed by atoms with Crippen LogP contribution in [0, 0.1) is 0 Å². The van der Waals surface area contributed by atoms with Crippen LogP contribution >= 0.6 is 11.8 Å². The van der Waals surface area contributed by atoms with Crippen molar-refractivity contribution < 1.29 is 9.90 Å². The van der Waals surface area contributed by atoms with Crippen molar-refractivity contribution >= 4 is 17.7 Å². The number of rotatable bonds is 14. The van der Waals surface area contributed by atoms with E-state index in [0.717, 1.165) is 23.3 Å². The second kappa shape index (κ2) is 12.1. The first-order valence-corrected chi connectivity index (χ1v) is 9.70. The number of thioether (sulfide) groups is 1. The molecule has 0 aliphatic carbocycles. The van der Waals surface area contributed by atoms with E-state index in [0.29, 0.717) is 6.42 Å². The molecule has 2 atom stereocenters. The van der Waals surface area contributed by atoms with Crippen LogP contribution in [0.1, 0.15) is 84.0 Å². The third-order valence-corrected chi connectivity index (χ3v) is 5.55. The fraction of sp³-hybridized carbons (Fsp3) is 0.833. The number of carboxylic acids is 1. The van der Waals surface area contributed by atoms with Crippen LogP contribution < -0.4 is 0 Å². The van der Waals surface area contributed by atoms with Gasteiger partial charge in [-0.15, -0.1) is 0 Å². The summed E-state index contributed by atoms with van der Waals surface area (Å²) >= 11 is 2.15. The monoisotopic (exact) mass is 312 g/mol. The van der Waals surface area contributed by atoms with Gasteiger partial charge in [-0.3, -0.25) is 4.79 Å². The summed E-state index contributed by atoms with van der Waals surface area (Å²) in [5, 5.41) is 10.3. The van der Waals surface area contributed by atoms with Gasteiger partial charge in [0.05, 0.1) is 0 Å². The molecule has 0 aromatic rings. The number of carboxylic acid groups (broad SMARTS) is 1.